The highest BCUT2D eigenvalue weighted by Gasteiger charge is 2.62. The molecule has 3 aromatic carbocycles. The van der Waals surface area contributed by atoms with E-state index in [0.29, 0.717) is 35.5 Å². The van der Waals surface area contributed by atoms with E-state index in [1.807, 2.05) is 30.3 Å². The van der Waals surface area contributed by atoms with E-state index < -0.39 is 35.5 Å². The summed E-state index contributed by atoms with van der Waals surface area (Å²) in [5.74, 6) is -4.42. The molecule has 0 bridgehead atoms. The van der Waals surface area contributed by atoms with E-state index >= 15 is 0 Å². The van der Waals surface area contributed by atoms with Gasteiger partial charge in [0.25, 0.3) is 0 Å². The maximum Gasteiger partial charge on any atom is 0.238 e. The molecule has 7 rings (SSSR count). The fraction of sp³-hybridized carbons (Fsp3) is 0.273. The number of anilines is 2. The Hall–Kier alpha value is -3.26. The van der Waals surface area contributed by atoms with Crippen LogP contribution in [0.3, 0.4) is 0 Å². The zero-order valence-corrected chi connectivity index (χ0v) is 27.3. The Kier molecular flexibility index (Phi) is 7.11. The quantitative estimate of drug-likeness (QED) is 0.208. The topological polar surface area (TPSA) is 104 Å². The lowest BCUT2D eigenvalue weighted by molar-refractivity contribution is -0.126. The minimum atomic E-state index is -0.710. The van der Waals surface area contributed by atoms with Gasteiger partial charge in [-0.15, -0.1) is 0 Å². The number of phenols is 1. The van der Waals surface area contributed by atoms with Crippen molar-refractivity contribution in [2.24, 2.45) is 29.6 Å². The number of nitrogens with zero attached hydrogens (tertiary/aromatic N) is 2. The van der Waals surface area contributed by atoms with Crippen molar-refractivity contribution in [2.75, 3.05) is 16.9 Å². The van der Waals surface area contributed by atoms with Gasteiger partial charge in [-0.2, -0.15) is 0 Å². The fourth-order valence-corrected chi connectivity index (χ4v) is 8.27. The molecule has 3 aromatic rings. The van der Waals surface area contributed by atoms with Crippen molar-refractivity contribution in [2.45, 2.75) is 18.8 Å². The lowest BCUT2D eigenvalue weighted by atomic mass is 9.57. The Labute approximate surface area is 275 Å². The van der Waals surface area contributed by atoms with Crippen LogP contribution < -0.4 is 14.5 Å². The predicted molar refractivity (Wildman–Crippen MR) is 175 cm³/mol. The molecule has 2 saturated heterocycles. The van der Waals surface area contributed by atoms with Crippen LogP contribution in [0.15, 0.2) is 78.4 Å². The SMILES string of the molecule is COc1ccc([C@H]2C3=CC[C@@H]4C(=O)N(c5ccc(I)cc5)C(=O)[C@@H]4[C@@H]3C[C@H]3C(=O)N(c4ccc(I)cc4)C(=O)[C@@H]23)cc1O. The van der Waals surface area contributed by atoms with Gasteiger partial charge in [0.2, 0.25) is 23.6 Å². The monoisotopic (exact) mass is 800 g/mol. The number of imide groups is 2. The van der Waals surface area contributed by atoms with Crippen molar-refractivity contribution in [3.63, 3.8) is 0 Å². The first-order chi connectivity index (χ1) is 20.7. The molecule has 8 nitrogen and oxygen atoms in total. The number of ether oxygens (including phenoxy) is 1. The summed E-state index contributed by atoms with van der Waals surface area (Å²) in [5.41, 5.74) is 2.59. The van der Waals surface area contributed by atoms with Gasteiger partial charge >= 0.3 is 0 Å². The largest absolute Gasteiger partial charge is 0.504 e. The third-order valence-corrected chi connectivity index (χ3v) is 10.8. The summed E-state index contributed by atoms with van der Waals surface area (Å²) in [6.07, 6.45) is 2.66. The zero-order valence-electron chi connectivity index (χ0n) is 22.9. The number of allylic oxidation sites excluding steroid dienone is 2. The number of hydrogen-bond acceptors (Lipinski definition) is 6. The average Bonchev–Trinajstić information content (AvgIpc) is 3.41. The summed E-state index contributed by atoms with van der Waals surface area (Å²) in [5, 5.41) is 10.7. The third kappa shape index (κ3) is 4.42. The van der Waals surface area contributed by atoms with Crippen LogP contribution in [0, 0.1) is 36.7 Å². The second-order valence-electron chi connectivity index (χ2n) is 11.4. The Morgan fingerprint density at radius 3 is 1.84 bits per heavy atom. The molecule has 0 unspecified atom stereocenters. The summed E-state index contributed by atoms with van der Waals surface area (Å²) in [6.45, 7) is 0. The van der Waals surface area contributed by atoms with Crippen LogP contribution in [0.25, 0.3) is 0 Å². The van der Waals surface area contributed by atoms with Crippen molar-refractivity contribution >= 4 is 80.2 Å². The number of benzene rings is 3. The highest BCUT2D eigenvalue weighted by atomic mass is 127. The second kappa shape index (κ2) is 10.7. The van der Waals surface area contributed by atoms with Crippen LogP contribution in [0.2, 0.25) is 0 Å². The number of amides is 4. The number of methoxy groups -OCH3 is 1. The molecule has 3 fully saturated rings. The molecule has 43 heavy (non-hydrogen) atoms. The van der Waals surface area contributed by atoms with E-state index in [4.69, 9.17) is 4.74 Å². The third-order valence-electron chi connectivity index (χ3n) is 9.38. The highest BCUT2D eigenvalue weighted by Crippen LogP contribution is 2.58. The smallest absolute Gasteiger partial charge is 0.238 e. The van der Waals surface area contributed by atoms with Crippen molar-refractivity contribution in [3.8, 4) is 11.5 Å². The number of hydrogen-bond donors (Lipinski definition) is 1. The molecule has 218 valence electrons. The Balaban J connectivity index is 1.33. The maximum atomic E-state index is 14.2. The molecule has 1 saturated carbocycles. The lowest BCUT2D eigenvalue weighted by Crippen LogP contribution is -2.43. The number of rotatable bonds is 4. The number of aromatic hydroxyl groups is 1. The van der Waals surface area contributed by atoms with E-state index in [2.05, 4.69) is 45.2 Å². The van der Waals surface area contributed by atoms with Gasteiger partial charge < -0.3 is 9.84 Å². The van der Waals surface area contributed by atoms with Gasteiger partial charge in [0.1, 0.15) is 0 Å². The van der Waals surface area contributed by atoms with Crippen molar-refractivity contribution < 1.29 is 29.0 Å². The van der Waals surface area contributed by atoms with Crippen LogP contribution in [0.4, 0.5) is 11.4 Å². The van der Waals surface area contributed by atoms with Gasteiger partial charge in [0.15, 0.2) is 11.5 Å². The van der Waals surface area contributed by atoms with Gasteiger partial charge in [-0.25, -0.2) is 0 Å². The molecule has 6 atom stereocenters. The molecule has 2 aliphatic heterocycles. The standard InChI is InChI=1S/C33H26I2N2O6/c1-43-26-13-2-16(14-25(26)38)27-21-11-12-22-28(32(41)36(30(22)39)19-7-3-17(34)4-8-19)23(21)15-24-29(27)33(42)37(31(24)40)20-9-5-18(35)6-10-20/h2-11,13-14,22-24,27-29,38H,12,15H2,1H3/t22-,23+,24+,27-,28-,29+/m0/s1. The van der Waals surface area contributed by atoms with Crippen LogP contribution in [0.5, 0.6) is 11.5 Å². The molecule has 1 N–H and O–H groups in total. The molecule has 4 amide bonds. The minimum Gasteiger partial charge on any atom is -0.504 e. The molecule has 2 heterocycles. The van der Waals surface area contributed by atoms with E-state index in [1.54, 1.807) is 42.5 Å². The van der Waals surface area contributed by atoms with Crippen LogP contribution in [0.1, 0.15) is 24.3 Å². The lowest BCUT2D eigenvalue weighted by Gasteiger charge is -2.44. The van der Waals surface area contributed by atoms with Crippen LogP contribution >= 0.6 is 45.2 Å². The summed E-state index contributed by atoms with van der Waals surface area (Å²) in [7, 11) is 1.46. The Morgan fingerprint density at radius 1 is 0.721 bits per heavy atom. The molecule has 0 aromatic heterocycles. The zero-order chi connectivity index (χ0) is 30.2. The van der Waals surface area contributed by atoms with Gasteiger partial charge in [-0.3, -0.25) is 29.0 Å². The summed E-state index contributed by atoms with van der Waals surface area (Å²) >= 11 is 4.36. The Bertz CT molecular complexity index is 1720. The van der Waals surface area contributed by atoms with E-state index in [9.17, 15) is 24.3 Å². The fourth-order valence-electron chi connectivity index (χ4n) is 7.55. The summed E-state index contributed by atoms with van der Waals surface area (Å²) in [6, 6.07) is 19.6. The van der Waals surface area contributed by atoms with Crippen LogP contribution in [-0.2, 0) is 19.2 Å². The summed E-state index contributed by atoms with van der Waals surface area (Å²) < 4.78 is 7.24. The highest BCUT2D eigenvalue weighted by molar-refractivity contribution is 14.1. The van der Waals surface area contributed by atoms with Gasteiger partial charge in [-0.1, -0.05) is 17.7 Å². The molecular formula is C33H26I2N2O6. The molecular weight excluding hydrogens is 774 g/mol. The molecule has 0 radical (unpaired) electrons. The van der Waals surface area contributed by atoms with Gasteiger partial charge in [0.05, 0.1) is 42.2 Å². The number of fused-ring (bicyclic) bond motifs is 4. The van der Waals surface area contributed by atoms with Crippen LogP contribution in [-0.4, -0.2) is 35.8 Å². The van der Waals surface area contributed by atoms with Gasteiger partial charge in [0, 0.05) is 13.1 Å². The van der Waals surface area contributed by atoms with E-state index in [-0.39, 0.29) is 29.4 Å². The first-order valence-corrected chi connectivity index (χ1v) is 16.2. The maximum absolute atomic E-state index is 14.2. The molecule has 0 spiro atoms. The van der Waals surface area contributed by atoms with Crippen molar-refractivity contribution in [1.29, 1.82) is 0 Å². The molecule has 10 heteroatoms. The number of carbonyl (C=O) groups is 4. The first kappa shape index (κ1) is 28.5. The first-order valence-electron chi connectivity index (χ1n) is 14.0. The minimum absolute atomic E-state index is 0.0729. The predicted octanol–water partition coefficient (Wildman–Crippen LogP) is 5.66. The number of phenolic OH excluding ortho intramolecular Hbond substituents is 1. The normalized spacial score (nSPS) is 28.0. The number of halogens is 2. The van der Waals surface area contributed by atoms with Crippen molar-refractivity contribution in [3.05, 3.63) is 91.1 Å². The molecule has 2 aliphatic carbocycles. The van der Waals surface area contributed by atoms with E-state index in [0.717, 1.165) is 12.7 Å². The van der Waals surface area contributed by atoms with Crippen molar-refractivity contribution in [1.82, 2.24) is 0 Å². The van der Waals surface area contributed by atoms with Gasteiger partial charge in [-0.05, 0) is 130 Å². The summed E-state index contributed by atoms with van der Waals surface area (Å²) in [4.78, 5) is 58.6. The number of carbonyl (C=O) groups excluding carboxylic acids is 4. The average molecular weight is 800 g/mol. The van der Waals surface area contributed by atoms with E-state index in [1.165, 1.54) is 16.9 Å². The second-order valence-corrected chi connectivity index (χ2v) is 13.9. The Morgan fingerprint density at radius 2 is 1.28 bits per heavy atom. The molecule has 4 aliphatic rings.